The Labute approximate surface area is 139 Å². The molecule has 4 heteroatoms. The maximum absolute atomic E-state index is 5.97. The highest BCUT2D eigenvalue weighted by atomic mass is 79.9. The second-order valence-electron chi connectivity index (χ2n) is 4.93. The number of halogens is 2. The molecule has 1 unspecified atom stereocenters. The second-order valence-corrected chi connectivity index (χ2v) is 6.22. The first-order valence-corrected chi connectivity index (χ1v) is 8.23. The van der Waals surface area contributed by atoms with Crippen molar-refractivity contribution in [2.75, 3.05) is 6.54 Å². The van der Waals surface area contributed by atoms with E-state index in [2.05, 4.69) is 47.2 Å². The molecule has 0 radical (unpaired) electrons. The minimum absolute atomic E-state index is 0.321. The average molecular weight is 369 g/mol. The maximum Gasteiger partial charge on any atom is 0.141 e. The zero-order valence-electron chi connectivity index (χ0n) is 12.2. The van der Waals surface area contributed by atoms with Gasteiger partial charge in [-0.2, -0.15) is 0 Å². The molecule has 0 amide bonds. The van der Waals surface area contributed by atoms with Crippen LogP contribution in [0.25, 0.3) is 0 Å². The summed E-state index contributed by atoms with van der Waals surface area (Å²) in [5, 5.41) is 4.14. The van der Waals surface area contributed by atoms with Crippen LogP contribution in [-0.2, 0) is 0 Å². The Morgan fingerprint density at radius 3 is 2.71 bits per heavy atom. The molecule has 1 N–H and O–H groups in total. The van der Waals surface area contributed by atoms with Crippen LogP contribution in [0.1, 0.15) is 31.9 Å². The quantitative estimate of drug-likeness (QED) is 0.679. The summed E-state index contributed by atoms with van der Waals surface area (Å²) in [5.41, 5.74) is 1.23. The number of hydrogen-bond acceptors (Lipinski definition) is 2. The van der Waals surface area contributed by atoms with Crippen molar-refractivity contribution in [1.29, 1.82) is 0 Å². The van der Waals surface area contributed by atoms with Gasteiger partial charge in [0.15, 0.2) is 0 Å². The summed E-state index contributed by atoms with van der Waals surface area (Å²) < 4.78 is 6.79. The number of rotatable bonds is 6. The molecule has 1 atom stereocenters. The molecular weight excluding hydrogens is 350 g/mol. The lowest BCUT2D eigenvalue weighted by atomic mass is 10.1. The van der Waals surface area contributed by atoms with Gasteiger partial charge in [-0.3, -0.25) is 0 Å². The molecule has 2 aromatic carbocycles. The Morgan fingerprint density at radius 2 is 2.05 bits per heavy atom. The van der Waals surface area contributed by atoms with E-state index in [0.717, 1.165) is 28.9 Å². The highest BCUT2D eigenvalue weighted by Crippen LogP contribution is 2.32. The summed E-state index contributed by atoms with van der Waals surface area (Å²) >= 11 is 9.54. The van der Waals surface area contributed by atoms with Gasteiger partial charge in [-0.15, -0.1) is 0 Å². The highest BCUT2D eigenvalue weighted by Gasteiger charge is 2.09. The minimum atomic E-state index is 0.321. The molecule has 0 heterocycles. The normalized spacial score (nSPS) is 12.2. The molecule has 0 fully saturated rings. The lowest BCUT2D eigenvalue weighted by molar-refractivity contribution is 0.478. The number of nitrogens with one attached hydrogen (secondary N) is 1. The Hall–Kier alpha value is -1.03. The SMILES string of the molecule is CCCNC(C)c1ccc(Oc2cccc(Cl)c2)c(Br)c1. The minimum Gasteiger partial charge on any atom is -0.456 e. The molecule has 0 aliphatic rings. The van der Waals surface area contributed by atoms with E-state index in [9.17, 15) is 0 Å². The Bertz CT molecular complexity index is 603. The number of ether oxygens (including phenoxy) is 1. The van der Waals surface area contributed by atoms with E-state index >= 15 is 0 Å². The topological polar surface area (TPSA) is 21.3 Å². The summed E-state index contributed by atoms with van der Waals surface area (Å²) in [4.78, 5) is 0. The van der Waals surface area contributed by atoms with Crippen molar-refractivity contribution >= 4 is 27.5 Å². The van der Waals surface area contributed by atoms with Crippen LogP contribution in [-0.4, -0.2) is 6.54 Å². The monoisotopic (exact) mass is 367 g/mol. The fraction of sp³-hybridized carbons (Fsp3) is 0.294. The van der Waals surface area contributed by atoms with Crippen molar-refractivity contribution in [3.05, 3.63) is 57.5 Å². The zero-order valence-corrected chi connectivity index (χ0v) is 14.5. The molecule has 0 saturated carbocycles. The molecular formula is C17H19BrClNO. The van der Waals surface area contributed by atoms with Crippen LogP contribution in [0.4, 0.5) is 0 Å². The molecule has 0 aliphatic heterocycles. The van der Waals surface area contributed by atoms with Crippen molar-refractivity contribution in [2.45, 2.75) is 26.3 Å². The largest absolute Gasteiger partial charge is 0.456 e. The van der Waals surface area contributed by atoms with Gasteiger partial charge in [-0.25, -0.2) is 0 Å². The lowest BCUT2D eigenvalue weighted by Crippen LogP contribution is -2.19. The maximum atomic E-state index is 5.97. The standard InChI is InChI=1S/C17H19BrClNO/c1-3-9-20-12(2)13-7-8-17(16(18)10-13)21-15-6-4-5-14(19)11-15/h4-8,10-12,20H,3,9H2,1-2H3. The summed E-state index contributed by atoms with van der Waals surface area (Å²) in [6.07, 6.45) is 1.13. The second kappa shape index (κ2) is 7.83. The first kappa shape index (κ1) is 16.3. The van der Waals surface area contributed by atoms with Crippen LogP contribution in [0.2, 0.25) is 5.02 Å². The van der Waals surface area contributed by atoms with Crippen molar-refractivity contribution in [2.24, 2.45) is 0 Å². The van der Waals surface area contributed by atoms with Crippen LogP contribution in [0.15, 0.2) is 46.9 Å². The smallest absolute Gasteiger partial charge is 0.141 e. The first-order chi connectivity index (χ1) is 10.1. The third-order valence-corrected chi connectivity index (χ3v) is 4.04. The van der Waals surface area contributed by atoms with Crippen LogP contribution in [0, 0.1) is 0 Å². The van der Waals surface area contributed by atoms with E-state index in [-0.39, 0.29) is 0 Å². The molecule has 21 heavy (non-hydrogen) atoms. The summed E-state index contributed by atoms with van der Waals surface area (Å²) in [7, 11) is 0. The first-order valence-electron chi connectivity index (χ1n) is 7.06. The molecule has 2 aromatic rings. The van der Waals surface area contributed by atoms with Gasteiger partial charge in [0.2, 0.25) is 0 Å². The Morgan fingerprint density at radius 1 is 1.24 bits per heavy atom. The molecule has 2 rings (SSSR count). The molecule has 0 aromatic heterocycles. The fourth-order valence-electron chi connectivity index (χ4n) is 2.01. The van der Waals surface area contributed by atoms with Crippen LogP contribution >= 0.6 is 27.5 Å². The zero-order chi connectivity index (χ0) is 15.2. The van der Waals surface area contributed by atoms with Crippen molar-refractivity contribution in [3.63, 3.8) is 0 Å². The number of benzene rings is 2. The fourth-order valence-corrected chi connectivity index (χ4v) is 2.66. The predicted molar refractivity (Wildman–Crippen MR) is 92.4 cm³/mol. The van der Waals surface area contributed by atoms with Gasteiger partial charge in [0.05, 0.1) is 4.47 Å². The van der Waals surface area contributed by atoms with Gasteiger partial charge in [0.25, 0.3) is 0 Å². The number of hydrogen-bond donors (Lipinski definition) is 1. The molecule has 0 bridgehead atoms. The molecule has 2 nitrogen and oxygen atoms in total. The van der Waals surface area contributed by atoms with Crippen molar-refractivity contribution < 1.29 is 4.74 Å². The van der Waals surface area contributed by atoms with E-state index in [1.165, 1.54) is 5.56 Å². The Kier molecular flexibility index (Phi) is 6.09. The van der Waals surface area contributed by atoms with Gasteiger partial charge in [-0.1, -0.05) is 30.7 Å². The van der Waals surface area contributed by atoms with E-state index in [1.807, 2.05) is 24.3 Å². The van der Waals surface area contributed by atoms with Crippen LogP contribution in [0.3, 0.4) is 0 Å². The van der Waals surface area contributed by atoms with Gasteiger partial charge < -0.3 is 10.1 Å². The predicted octanol–water partition coefficient (Wildman–Crippen LogP) is 5.96. The van der Waals surface area contributed by atoms with E-state index in [0.29, 0.717) is 11.1 Å². The molecule has 0 saturated heterocycles. The third-order valence-electron chi connectivity index (χ3n) is 3.18. The third kappa shape index (κ3) is 4.73. The summed E-state index contributed by atoms with van der Waals surface area (Å²) in [6, 6.07) is 13.9. The van der Waals surface area contributed by atoms with Crippen LogP contribution < -0.4 is 10.1 Å². The van der Waals surface area contributed by atoms with Crippen LogP contribution in [0.5, 0.6) is 11.5 Å². The average Bonchev–Trinajstić information content (AvgIpc) is 2.47. The van der Waals surface area contributed by atoms with E-state index in [1.54, 1.807) is 6.07 Å². The van der Waals surface area contributed by atoms with E-state index in [4.69, 9.17) is 16.3 Å². The molecule has 0 spiro atoms. The van der Waals surface area contributed by atoms with Gasteiger partial charge in [-0.05, 0) is 71.7 Å². The van der Waals surface area contributed by atoms with Gasteiger partial charge in [0, 0.05) is 11.1 Å². The molecule has 112 valence electrons. The van der Waals surface area contributed by atoms with Gasteiger partial charge in [0.1, 0.15) is 11.5 Å². The molecule has 0 aliphatic carbocycles. The van der Waals surface area contributed by atoms with Gasteiger partial charge >= 0.3 is 0 Å². The van der Waals surface area contributed by atoms with Crippen molar-refractivity contribution in [3.8, 4) is 11.5 Å². The lowest BCUT2D eigenvalue weighted by Gasteiger charge is -2.15. The Balaban J connectivity index is 2.12. The highest BCUT2D eigenvalue weighted by molar-refractivity contribution is 9.10. The summed E-state index contributed by atoms with van der Waals surface area (Å²) in [6.45, 7) is 5.34. The summed E-state index contributed by atoms with van der Waals surface area (Å²) in [5.74, 6) is 1.51. The van der Waals surface area contributed by atoms with Crippen molar-refractivity contribution in [1.82, 2.24) is 5.32 Å². The van der Waals surface area contributed by atoms with E-state index < -0.39 is 0 Å².